The quantitative estimate of drug-likeness (QED) is 0.318. The highest BCUT2D eigenvalue weighted by atomic mass is 35.6. The van der Waals surface area contributed by atoms with Gasteiger partial charge in [-0.25, -0.2) is 4.79 Å². The Hall–Kier alpha value is -1.43. The Balaban J connectivity index is 2.36. The van der Waals surface area contributed by atoms with Crippen molar-refractivity contribution in [3.05, 3.63) is 17.7 Å². The molecule has 1 aliphatic heterocycles. The second kappa shape index (κ2) is 12.0. The number of ether oxygens (including phenoxy) is 3. The van der Waals surface area contributed by atoms with Crippen molar-refractivity contribution < 1.29 is 33.3 Å². The molecule has 13 heteroatoms. The van der Waals surface area contributed by atoms with Crippen LogP contribution in [-0.4, -0.2) is 80.2 Å². The first-order chi connectivity index (χ1) is 16.5. The summed E-state index contributed by atoms with van der Waals surface area (Å²) < 4.78 is 20.1. The molecule has 1 aromatic rings. The molecule has 9 nitrogen and oxygen atoms in total. The van der Waals surface area contributed by atoms with E-state index in [9.17, 15) is 14.7 Å². The number of methoxy groups -OCH3 is 2. The number of alkyl halides is 3. The maximum atomic E-state index is 13.7. The Labute approximate surface area is 228 Å². The lowest BCUT2D eigenvalue weighted by Crippen LogP contribution is -2.48. The molecule has 1 fully saturated rings. The van der Waals surface area contributed by atoms with Crippen LogP contribution in [0, 0.1) is 0 Å². The first kappa shape index (κ1) is 30.8. The van der Waals surface area contributed by atoms with E-state index in [1.54, 1.807) is 4.90 Å². The van der Waals surface area contributed by atoms with E-state index < -0.39 is 42.9 Å². The minimum Gasteiger partial charge on any atom is -0.493 e. The van der Waals surface area contributed by atoms with Crippen LogP contribution >= 0.6 is 34.8 Å². The van der Waals surface area contributed by atoms with Crippen molar-refractivity contribution in [1.82, 2.24) is 4.90 Å². The second-order valence-electron chi connectivity index (χ2n) is 10.1. The largest absolute Gasteiger partial charge is 0.493 e. The third kappa shape index (κ3) is 7.78. The molecule has 0 unspecified atom stereocenters. The van der Waals surface area contributed by atoms with Gasteiger partial charge in [-0.3, -0.25) is 10.1 Å². The zero-order valence-electron chi connectivity index (χ0n) is 21.6. The number of aliphatic hydroxyl groups excluding tert-OH is 1. The van der Waals surface area contributed by atoms with Gasteiger partial charge in [0.25, 0.3) is 5.91 Å². The summed E-state index contributed by atoms with van der Waals surface area (Å²) in [4.78, 5) is 27.7. The van der Waals surface area contributed by atoms with E-state index in [0.29, 0.717) is 13.0 Å². The first-order valence-electron chi connectivity index (χ1n) is 11.4. The summed E-state index contributed by atoms with van der Waals surface area (Å²) in [5.74, 6) is 0.146. The van der Waals surface area contributed by atoms with Gasteiger partial charge in [0.05, 0.1) is 44.2 Å². The second-order valence-corrected chi connectivity index (χ2v) is 17.4. The fourth-order valence-electron chi connectivity index (χ4n) is 3.41. The summed E-state index contributed by atoms with van der Waals surface area (Å²) in [6.45, 7) is 10.6. The van der Waals surface area contributed by atoms with Crippen molar-refractivity contribution in [2.45, 2.75) is 61.3 Å². The lowest BCUT2D eigenvalue weighted by atomic mass is 10.1. The third-order valence-corrected chi connectivity index (χ3v) is 11.4. The molecular formula is C23H35Cl3N2O7Si. The van der Waals surface area contributed by atoms with Gasteiger partial charge in [0, 0.05) is 12.6 Å². The number of hydrogen-bond acceptors (Lipinski definition) is 7. The number of likely N-dealkylation sites (tertiary alicyclic amines) is 1. The Morgan fingerprint density at radius 3 is 2.25 bits per heavy atom. The molecule has 0 spiro atoms. The van der Waals surface area contributed by atoms with Gasteiger partial charge in [-0.05, 0) is 30.6 Å². The number of anilines is 1. The molecule has 36 heavy (non-hydrogen) atoms. The van der Waals surface area contributed by atoms with E-state index in [-0.39, 0.29) is 34.4 Å². The molecule has 2 rings (SSSR count). The monoisotopic (exact) mass is 584 g/mol. The van der Waals surface area contributed by atoms with Crippen molar-refractivity contribution in [3.8, 4) is 11.5 Å². The van der Waals surface area contributed by atoms with Crippen LogP contribution in [-0.2, 0) is 9.16 Å². The molecule has 1 aromatic carbocycles. The van der Waals surface area contributed by atoms with Crippen LogP contribution < -0.4 is 14.8 Å². The smallest absolute Gasteiger partial charge is 0.411 e. The van der Waals surface area contributed by atoms with Gasteiger partial charge in [0.2, 0.25) is 3.79 Å². The van der Waals surface area contributed by atoms with E-state index in [0.717, 1.165) is 0 Å². The first-order valence-corrected chi connectivity index (χ1v) is 15.4. The van der Waals surface area contributed by atoms with Crippen molar-refractivity contribution in [3.63, 3.8) is 0 Å². The topological polar surface area (TPSA) is 107 Å². The normalized spacial score (nSPS) is 18.7. The average molecular weight is 586 g/mol. The number of carbonyl (C=O) groups excluding carboxylic acids is 2. The van der Waals surface area contributed by atoms with Crippen molar-refractivity contribution >= 4 is 60.8 Å². The third-order valence-electron chi connectivity index (χ3n) is 6.55. The Bertz CT molecular complexity index is 951. The van der Waals surface area contributed by atoms with Gasteiger partial charge in [-0.2, -0.15) is 0 Å². The van der Waals surface area contributed by atoms with Crippen molar-refractivity contribution in [2.24, 2.45) is 0 Å². The van der Waals surface area contributed by atoms with E-state index in [2.05, 4.69) is 39.2 Å². The zero-order valence-corrected chi connectivity index (χ0v) is 24.9. The minimum atomic E-state index is -2.12. The number of benzene rings is 1. The number of amides is 2. The van der Waals surface area contributed by atoms with Gasteiger partial charge in [-0.1, -0.05) is 55.6 Å². The van der Waals surface area contributed by atoms with Crippen molar-refractivity contribution in [1.29, 1.82) is 0 Å². The summed E-state index contributed by atoms with van der Waals surface area (Å²) in [7, 11) is 0.739. The number of carbonyl (C=O) groups is 2. The standard InChI is InChI=1S/C23H35Cl3N2O7Si/c1-22(2,3)36(6,7)35-12-16-17(29)8-9-28(16)20(30)14-10-18(32-4)19(33-5)11-15(14)27-21(31)34-13-23(24,25)26/h10-11,16-17,29H,8-9,12-13H2,1-7H3,(H,27,31)/t16-,17+/m1/s1. The lowest BCUT2D eigenvalue weighted by Gasteiger charge is -2.38. The summed E-state index contributed by atoms with van der Waals surface area (Å²) in [6.07, 6.45) is -1.27. The van der Waals surface area contributed by atoms with E-state index in [4.69, 9.17) is 53.4 Å². The highest BCUT2D eigenvalue weighted by Crippen LogP contribution is 2.38. The predicted molar refractivity (Wildman–Crippen MR) is 143 cm³/mol. The van der Waals surface area contributed by atoms with E-state index in [1.807, 2.05) is 0 Å². The molecule has 2 amide bonds. The minimum absolute atomic E-state index is 0.0289. The zero-order chi connectivity index (χ0) is 27.5. The molecule has 204 valence electrons. The maximum Gasteiger partial charge on any atom is 0.411 e. The van der Waals surface area contributed by atoms with Crippen molar-refractivity contribution in [2.75, 3.05) is 39.3 Å². The molecule has 2 atom stereocenters. The fourth-order valence-corrected chi connectivity index (χ4v) is 4.59. The summed E-state index contributed by atoms with van der Waals surface area (Å²) in [6, 6.07) is 2.35. The number of nitrogens with zero attached hydrogens (tertiary/aromatic N) is 1. The molecule has 1 saturated heterocycles. The van der Waals surface area contributed by atoms with Gasteiger partial charge >= 0.3 is 6.09 Å². The van der Waals surface area contributed by atoms with Crippen LogP contribution in [0.2, 0.25) is 18.1 Å². The predicted octanol–water partition coefficient (Wildman–Crippen LogP) is 5.22. The number of hydrogen-bond donors (Lipinski definition) is 2. The maximum absolute atomic E-state index is 13.7. The Morgan fingerprint density at radius 2 is 1.72 bits per heavy atom. The molecule has 1 heterocycles. The Kier molecular flexibility index (Phi) is 10.2. The van der Waals surface area contributed by atoms with Crippen LogP contribution in [0.3, 0.4) is 0 Å². The average Bonchev–Trinajstić information content (AvgIpc) is 3.14. The van der Waals surface area contributed by atoms with Crippen LogP contribution in [0.25, 0.3) is 0 Å². The summed E-state index contributed by atoms with van der Waals surface area (Å²) in [5.41, 5.74) is 0.224. The van der Waals surface area contributed by atoms with Gasteiger partial charge in [-0.15, -0.1) is 0 Å². The summed E-state index contributed by atoms with van der Waals surface area (Å²) in [5, 5.41) is 13.1. The van der Waals surface area contributed by atoms with E-state index in [1.165, 1.54) is 26.4 Å². The highest BCUT2D eigenvalue weighted by Gasteiger charge is 2.42. The van der Waals surface area contributed by atoms with Crippen LogP contribution in [0.4, 0.5) is 10.5 Å². The lowest BCUT2D eigenvalue weighted by molar-refractivity contribution is 0.0511. The highest BCUT2D eigenvalue weighted by molar-refractivity contribution is 6.74. The number of rotatable bonds is 8. The summed E-state index contributed by atoms with van der Waals surface area (Å²) >= 11 is 17.0. The van der Waals surface area contributed by atoms with Gasteiger partial charge in [0.1, 0.15) is 6.61 Å². The van der Waals surface area contributed by atoms with Gasteiger partial charge in [0.15, 0.2) is 19.8 Å². The fraction of sp³-hybridized carbons (Fsp3) is 0.652. The van der Waals surface area contributed by atoms with Crippen LogP contribution in [0.5, 0.6) is 11.5 Å². The SMILES string of the molecule is COc1cc(NC(=O)OCC(Cl)(Cl)Cl)c(C(=O)N2CC[C@H](O)[C@H]2CO[Si](C)(C)C(C)(C)C)cc1OC. The van der Waals surface area contributed by atoms with Gasteiger partial charge < -0.3 is 28.6 Å². The molecular weight excluding hydrogens is 551 g/mol. The Morgan fingerprint density at radius 1 is 1.14 bits per heavy atom. The molecule has 0 saturated carbocycles. The van der Waals surface area contributed by atoms with E-state index >= 15 is 0 Å². The molecule has 0 radical (unpaired) electrons. The molecule has 1 aliphatic rings. The molecule has 2 N–H and O–H groups in total. The molecule has 0 bridgehead atoms. The van der Waals surface area contributed by atoms with Crippen LogP contribution in [0.15, 0.2) is 12.1 Å². The molecule has 0 aromatic heterocycles. The number of aliphatic hydroxyl groups is 1. The number of halogens is 3. The van der Waals surface area contributed by atoms with Crippen LogP contribution in [0.1, 0.15) is 37.6 Å². The number of nitrogens with one attached hydrogen (secondary N) is 1. The molecule has 0 aliphatic carbocycles.